The van der Waals surface area contributed by atoms with Crippen LogP contribution < -0.4 is 11.1 Å². The minimum atomic E-state index is -0.587. The highest BCUT2D eigenvalue weighted by Gasteiger charge is 2.18. The molecule has 0 aliphatic heterocycles. The van der Waals surface area contributed by atoms with E-state index in [0.29, 0.717) is 0 Å². The van der Waals surface area contributed by atoms with Crippen LogP contribution in [-0.4, -0.2) is 5.91 Å². The van der Waals surface area contributed by atoms with Gasteiger partial charge in [-0.05, 0) is 23.9 Å². The first-order valence-electron chi connectivity index (χ1n) is 5.83. The lowest BCUT2D eigenvalue weighted by molar-refractivity contribution is -0.123. The summed E-state index contributed by atoms with van der Waals surface area (Å²) in [4.78, 5) is 12.9. The zero-order valence-corrected chi connectivity index (χ0v) is 11.0. The second-order valence-corrected chi connectivity index (χ2v) is 5.11. The molecular formula is C14H16N2OS. The first-order chi connectivity index (χ1) is 8.68. The van der Waals surface area contributed by atoms with Gasteiger partial charge < -0.3 is 11.1 Å². The fourth-order valence-corrected chi connectivity index (χ4v) is 2.45. The summed E-state index contributed by atoms with van der Waals surface area (Å²) in [5.41, 5.74) is 6.98. The normalized spacial score (nSPS) is 13.9. The molecule has 0 aliphatic rings. The molecule has 18 heavy (non-hydrogen) atoms. The molecule has 1 amide bonds. The summed E-state index contributed by atoms with van der Waals surface area (Å²) >= 11 is 1.50. The molecule has 1 unspecified atom stereocenters. The molecule has 3 nitrogen and oxygen atoms in total. The number of nitrogens with two attached hydrogens (primary N) is 1. The maximum atomic E-state index is 12.0. The van der Waals surface area contributed by atoms with Crippen LogP contribution in [0.3, 0.4) is 0 Å². The lowest BCUT2D eigenvalue weighted by Crippen LogP contribution is -2.35. The Labute approximate surface area is 111 Å². The van der Waals surface area contributed by atoms with Crippen molar-refractivity contribution in [1.82, 2.24) is 5.32 Å². The van der Waals surface area contributed by atoms with Gasteiger partial charge in [0.15, 0.2) is 0 Å². The molecule has 0 radical (unpaired) electrons. The topological polar surface area (TPSA) is 55.1 Å². The number of hydrogen-bond donors (Lipinski definition) is 2. The maximum absolute atomic E-state index is 12.0. The van der Waals surface area contributed by atoms with Crippen LogP contribution >= 0.6 is 11.3 Å². The Balaban J connectivity index is 1.99. The summed E-state index contributed by atoms with van der Waals surface area (Å²) in [6, 6.07) is 13.0. The standard InChI is InChI=1S/C14H16N2OS/c1-10(11-6-3-2-4-7-11)16-14(17)13(15)12-8-5-9-18-12/h2-10,13H,15H2,1H3,(H,16,17)/t10-,13?/m0/s1. The molecule has 0 bridgehead atoms. The van der Waals surface area contributed by atoms with Crippen molar-refractivity contribution in [2.45, 2.75) is 19.0 Å². The summed E-state index contributed by atoms with van der Waals surface area (Å²) in [6.07, 6.45) is 0. The molecule has 1 aromatic carbocycles. The molecular weight excluding hydrogens is 244 g/mol. The second kappa shape index (κ2) is 5.80. The number of benzene rings is 1. The first-order valence-corrected chi connectivity index (χ1v) is 6.71. The van der Waals surface area contributed by atoms with Crippen molar-refractivity contribution >= 4 is 17.2 Å². The predicted molar refractivity (Wildman–Crippen MR) is 74.2 cm³/mol. The molecule has 94 valence electrons. The van der Waals surface area contributed by atoms with Crippen molar-refractivity contribution in [2.24, 2.45) is 5.73 Å². The summed E-state index contributed by atoms with van der Waals surface area (Å²) < 4.78 is 0. The highest BCUT2D eigenvalue weighted by Crippen LogP contribution is 2.18. The quantitative estimate of drug-likeness (QED) is 0.888. The average molecular weight is 260 g/mol. The van der Waals surface area contributed by atoms with E-state index in [-0.39, 0.29) is 11.9 Å². The molecule has 4 heteroatoms. The van der Waals surface area contributed by atoms with E-state index < -0.39 is 6.04 Å². The van der Waals surface area contributed by atoms with E-state index in [2.05, 4.69) is 5.32 Å². The highest BCUT2D eigenvalue weighted by atomic mass is 32.1. The van der Waals surface area contributed by atoms with Crippen LogP contribution in [0.4, 0.5) is 0 Å². The van der Waals surface area contributed by atoms with Gasteiger partial charge in [-0.25, -0.2) is 0 Å². The van der Waals surface area contributed by atoms with Gasteiger partial charge in [0, 0.05) is 4.88 Å². The van der Waals surface area contributed by atoms with E-state index >= 15 is 0 Å². The zero-order valence-electron chi connectivity index (χ0n) is 10.2. The molecule has 0 saturated heterocycles. The predicted octanol–water partition coefficient (Wildman–Crippen LogP) is 2.63. The van der Waals surface area contributed by atoms with Crippen molar-refractivity contribution in [1.29, 1.82) is 0 Å². The van der Waals surface area contributed by atoms with Crippen molar-refractivity contribution in [3.05, 3.63) is 58.3 Å². The van der Waals surface area contributed by atoms with Crippen molar-refractivity contribution in [3.8, 4) is 0 Å². The fourth-order valence-electron chi connectivity index (χ4n) is 1.73. The van der Waals surface area contributed by atoms with Crippen LogP contribution in [-0.2, 0) is 4.79 Å². The Bertz CT molecular complexity index is 496. The number of hydrogen-bond acceptors (Lipinski definition) is 3. The van der Waals surface area contributed by atoms with Gasteiger partial charge >= 0.3 is 0 Å². The third kappa shape index (κ3) is 2.97. The van der Waals surface area contributed by atoms with Crippen LogP contribution in [0.25, 0.3) is 0 Å². The van der Waals surface area contributed by atoms with Crippen LogP contribution in [0.5, 0.6) is 0 Å². The third-order valence-corrected chi connectivity index (χ3v) is 3.75. The van der Waals surface area contributed by atoms with Gasteiger partial charge in [0.2, 0.25) is 5.91 Å². The molecule has 2 atom stereocenters. The fraction of sp³-hybridized carbons (Fsp3) is 0.214. The van der Waals surface area contributed by atoms with Gasteiger partial charge in [0.1, 0.15) is 6.04 Å². The van der Waals surface area contributed by atoms with Gasteiger partial charge in [-0.15, -0.1) is 11.3 Å². The molecule has 0 saturated carbocycles. The molecule has 2 aromatic rings. The summed E-state index contributed by atoms with van der Waals surface area (Å²) in [5, 5.41) is 4.85. The van der Waals surface area contributed by atoms with Crippen LogP contribution in [0.1, 0.15) is 29.4 Å². The number of amides is 1. The van der Waals surface area contributed by atoms with E-state index in [9.17, 15) is 4.79 Å². The summed E-state index contributed by atoms with van der Waals surface area (Å²) in [7, 11) is 0. The Morgan fingerprint density at radius 2 is 1.94 bits per heavy atom. The smallest absolute Gasteiger partial charge is 0.242 e. The Morgan fingerprint density at radius 3 is 2.56 bits per heavy atom. The van der Waals surface area contributed by atoms with Crippen molar-refractivity contribution in [3.63, 3.8) is 0 Å². The molecule has 0 aliphatic carbocycles. The first kappa shape index (κ1) is 12.8. The van der Waals surface area contributed by atoms with Gasteiger partial charge in [0.05, 0.1) is 6.04 Å². The van der Waals surface area contributed by atoms with E-state index in [1.807, 2.05) is 54.8 Å². The van der Waals surface area contributed by atoms with Crippen LogP contribution in [0, 0.1) is 0 Å². The largest absolute Gasteiger partial charge is 0.348 e. The number of thiophene rings is 1. The molecule has 0 spiro atoms. The highest BCUT2D eigenvalue weighted by molar-refractivity contribution is 7.10. The molecule has 2 rings (SSSR count). The van der Waals surface area contributed by atoms with E-state index in [1.165, 1.54) is 11.3 Å². The number of nitrogens with one attached hydrogen (secondary N) is 1. The lowest BCUT2D eigenvalue weighted by Gasteiger charge is -2.17. The monoisotopic (exact) mass is 260 g/mol. The summed E-state index contributed by atoms with van der Waals surface area (Å²) in [5.74, 6) is -0.145. The molecule has 3 N–H and O–H groups in total. The van der Waals surface area contributed by atoms with E-state index in [1.54, 1.807) is 0 Å². The molecule has 1 heterocycles. The third-order valence-electron chi connectivity index (χ3n) is 2.79. The van der Waals surface area contributed by atoms with E-state index in [4.69, 9.17) is 5.73 Å². The molecule has 1 aromatic heterocycles. The minimum absolute atomic E-state index is 0.0373. The van der Waals surface area contributed by atoms with Gasteiger partial charge in [-0.3, -0.25) is 4.79 Å². The number of carbonyl (C=O) groups excluding carboxylic acids is 1. The summed E-state index contributed by atoms with van der Waals surface area (Å²) in [6.45, 7) is 1.95. The Hall–Kier alpha value is -1.65. The van der Waals surface area contributed by atoms with Gasteiger partial charge in [0.25, 0.3) is 0 Å². The van der Waals surface area contributed by atoms with Crippen molar-refractivity contribution < 1.29 is 4.79 Å². The average Bonchev–Trinajstić information content (AvgIpc) is 2.92. The Kier molecular flexibility index (Phi) is 4.12. The van der Waals surface area contributed by atoms with Crippen molar-refractivity contribution in [2.75, 3.05) is 0 Å². The zero-order chi connectivity index (χ0) is 13.0. The second-order valence-electron chi connectivity index (χ2n) is 4.13. The number of rotatable bonds is 4. The van der Waals surface area contributed by atoms with Gasteiger partial charge in [-0.1, -0.05) is 36.4 Å². The SMILES string of the molecule is C[C@H](NC(=O)C(N)c1cccs1)c1ccccc1. The Morgan fingerprint density at radius 1 is 1.22 bits per heavy atom. The number of carbonyl (C=O) groups is 1. The maximum Gasteiger partial charge on any atom is 0.242 e. The van der Waals surface area contributed by atoms with Gasteiger partial charge in [-0.2, -0.15) is 0 Å². The minimum Gasteiger partial charge on any atom is -0.348 e. The van der Waals surface area contributed by atoms with Crippen LogP contribution in [0.2, 0.25) is 0 Å². The van der Waals surface area contributed by atoms with E-state index in [0.717, 1.165) is 10.4 Å². The lowest BCUT2D eigenvalue weighted by atomic mass is 10.1. The molecule has 0 fully saturated rings. The van der Waals surface area contributed by atoms with Crippen LogP contribution in [0.15, 0.2) is 47.8 Å².